The van der Waals surface area contributed by atoms with Gasteiger partial charge in [-0.25, -0.2) is 4.18 Å². The molecule has 7 heteroatoms. The third-order valence-electron chi connectivity index (χ3n) is 9.93. The SMILES string of the molecule is CC(=O)[C@H]1CC[C@H]2[C@@H]3CC[C@@H]4C[C@H](OS(=O)(=O)O)CC[C@]4(C)[C@H]3CC[C@]12C.c1ccncc1. The summed E-state index contributed by atoms with van der Waals surface area (Å²) in [6.07, 6.45) is 12.4. The summed E-state index contributed by atoms with van der Waals surface area (Å²) in [4.78, 5) is 16.0. The van der Waals surface area contributed by atoms with E-state index in [0.29, 0.717) is 35.9 Å². The summed E-state index contributed by atoms with van der Waals surface area (Å²) < 4.78 is 36.2. The van der Waals surface area contributed by atoms with E-state index in [1.165, 1.54) is 19.3 Å². The van der Waals surface area contributed by atoms with Crippen LogP contribution in [0.3, 0.4) is 0 Å². The van der Waals surface area contributed by atoms with Crippen LogP contribution in [-0.4, -0.2) is 29.8 Å². The van der Waals surface area contributed by atoms with Crippen LogP contribution in [0, 0.1) is 40.4 Å². The van der Waals surface area contributed by atoms with Crippen molar-refractivity contribution >= 4 is 16.2 Å². The molecule has 1 N–H and O–H groups in total. The van der Waals surface area contributed by atoms with Crippen LogP contribution >= 0.6 is 0 Å². The van der Waals surface area contributed by atoms with Gasteiger partial charge in [0.05, 0.1) is 6.10 Å². The number of hydrogen-bond acceptors (Lipinski definition) is 5. The zero-order valence-electron chi connectivity index (χ0n) is 20.2. The van der Waals surface area contributed by atoms with Gasteiger partial charge >= 0.3 is 10.4 Å². The summed E-state index contributed by atoms with van der Waals surface area (Å²) in [6.45, 7) is 6.57. The summed E-state index contributed by atoms with van der Waals surface area (Å²) >= 11 is 0. The molecule has 0 aliphatic heterocycles. The summed E-state index contributed by atoms with van der Waals surface area (Å²) in [5.74, 6) is 3.12. The molecule has 184 valence electrons. The van der Waals surface area contributed by atoms with Crippen LogP contribution in [0.5, 0.6) is 0 Å². The molecule has 33 heavy (non-hydrogen) atoms. The van der Waals surface area contributed by atoms with E-state index in [0.717, 1.165) is 32.1 Å². The summed E-state index contributed by atoms with van der Waals surface area (Å²) in [6, 6.07) is 5.72. The van der Waals surface area contributed by atoms with Crippen molar-refractivity contribution in [2.24, 2.45) is 40.4 Å². The largest absolute Gasteiger partial charge is 0.397 e. The van der Waals surface area contributed by atoms with E-state index < -0.39 is 10.4 Å². The number of aromatic nitrogens is 1. The predicted molar refractivity (Wildman–Crippen MR) is 127 cm³/mol. The summed E-state index contributed by atoms with van der Waals surface area (Å²) in [5, 5.41) is 0. The number of carbonyl (C=O) groups is 1. The van der Waals surface area contributed by atoms with E-state index in [1.54, 1.807) is 19.3 Å². The van der Waals surface area contributed by atoms with E-state index in [1.807, 2.05) is 18.2 Å². The third kappa shape index (κ3) is 4.92. The summed E-state index contributed by atoms with van der Waals surface area (Å²) in [7, 11) is -4.37. The lowest BCUT2D eigenvalue weighted by atomic mass is 9.44. The highest BCUT2D eigenvalue weighted by molar-refractivity contribution is 7.80. The van der Waals surface area contributed by atoms with Crippen LogP contribution in [0.15, 0.2) is 30.6 Å². The Morgan fingerprint density at radius 3 is 2.18 bits per heavy atom. The summed E-state index contributed by atoms with van der Waals surface area (Å²) in [5.41, 5.74) is 0.416. The fourth-order valence-corrected chi connectivity index (χ4v) is 8.98. The van der Waals surface area contributed by atoms with Gasteiger partial charge in [0.1, 0.15) is 5.78 Å². The number of nitrogens with zero attached hydrogens (tertiary/aromatic N) is 1. The first-order valence-electron chi connectivity index (χ1n) is 12.6. The number of carbonyl (C=O) groups excluding carboxylic acids is 1. The van der Waals surface area contributed by atoms with Gasteiger partial charge in [-0.15, -0.1) is 0 Å². The fourth-order valence-electron chi connectivity index (χ4n) is 8.46. The van der Waals surface area contributed by atoms with Gasteiger partial charge in [-0.1, -0.05) is 19.9 Å². The molecule has 1 aromatic heterocycles. The molecule has 0 unspecified atom stereocenters. The van der Waals surface area contributed by atoms with Crippen molar-refractivity contribution in [2.75, 3.05) is 0 Å². The van der Waals surface area contributed by atoms with Crippen LogP contribution in [0.1, 0.15) is 78.6 Å². The molecule has 5 rings (SSSR count). The van der Waals surface area contributed by atoms with Gasteiger partial charge in [-0.05, 0) is 111 Å². The maximum atomic E-state index is 12.2. The molecule has 0 radical (unpaired) electrons. The van der Waals surface area contributed by atoms with Crippen molar-refractivity contribution in [1.29, 1.82) is 0 Å². The van der Waals surface area contributed by atoms with Gasteiger partial charge in [0.25, 0.3) is 0 Å². The predicted octanol–water partition coefficient (Wildman–Crippen LogP) is 5.50. The Hall–Kier alpha value is -1.31. The van der Waals surface area contributed by atoms with Crippen molar-refractivity contribution in [3.63, 3.8) is 0 Å². The molecule has 0 aromatic carbocycles. The lowest BCUT2D eigenvalue weighted by Crippen LogP contribution is -2.54. The van der Waals surface area contributed by atoms with Gasteiger partial charge in [0.2, 0.25) is 0 Å². The molecule has 4 saturated carbocycles. The molecule has 0 spiro atoms. The van der Waals surface area contributed by atoms with Crippen LogP contribution in [0.2, 0.25) is 0 Å². The molecular formula is C26H39NO5S. The number of hydrogen-bond donors (Lipinski definition) is 1. The highest BCUT2D eigenvalue weighted by atomic mass is 32.3. The molecule has 0 saturated heterocycles. The number of rotatable bonds is 3. The molecule has 1 heterocycles. The Morgan fingerprint density at radius 2 is 1.61 bits per heavy atom. The minimum atomic E-state index is -4.37. The smallest absolute Gasteiger partial charge is 0.300 e. The molecule has 4 aliphatic carbocycles. The Balaban J connectivity index is 0.000000376. The van der Waals surface area contributed by atoms with Crippen molar-refractivity contribution in [3.8, 4) is 0 Å². The van der Waals surface area contributed by atoms with E-state index in [2.05, 4.69) is 18.8 Å². The van der Waals surface area contributed by atoms with E-state index >= 15 is 0 Å². The Bertz CT molecular complexity index is 911. The monoisotopic (exact) mass is 477 g/mol. The number of Topliss-reactive ketones (excluding diaryl/α,β-unsaturated/α-hetero) is 1. The second kappa shape index (κ2) is 9.38. The maximum Gasteiger partial charge on any atom is 0.397 e. The second-order valence-electron chi connectivity index (χ2n) is 11.4. The van der Waals surface area contributed by atoms with Crippen molar-refractivity contribution in [3.05, 3.63) is 30.6 Å². The number of pyridine rings is 1. The average molecular weight is 478 g/mol. The first kappa shape index (κ1) is 24.8. The highest BCUT2D eigenvalue weighted by Crippen LogP contribution is 2.67. The number of ketones is 1. The lowest BCUT2D eigenvalue weighted by Gasteiger charge is -2.61. The first-order chi connectivity index (χ1) is 15.5. The minimum absolute atomic E-state index is 0.182. The van der Waals surface area contributed by atoms with Crippen LogP contribution in [0.4, 0.5) is 0 Å². The molecule has 1 aromatic rings. The average Bonchev–Trinajstić information content (AvgIpc) is 3.12. The normalized spacial score (nSPS) is 42.2. The van der Waals surface area contributed by atoms with Crippen LogP contribution in [0.25, 0.3) is 0 Å². The standard InChI is InChI=1S/C21H34O5S.C5H5N/c1-13(22)17-6-7-18-16-5-4-14-12-15(26-27(23,24)25)8-10-20(14,2)19(16)9-11-21(17,18)3;1-2-4-6-5-3-1/h14-19H,4-12H2,1-3H3,(H,23,24,25);1-5H/t14-,15-,16+,17-,18+,19+,20+,21-;/m1./s1. The van der Waals surface area contributed by atoms with Crippen molar-refractivity contribution in [2.45, 2.75) is 84.7 Å². The zero-order chi connectivity index (χ0) is 23.9. The third-order valence-corrected chi connectivity index (χ3v) is 10.4. The molecular weight excluding hydrogens is 438 g/mol. The van der Waals surface area contributed by atoms with Crippen molar-refractivity contribution in [1.82, 2.24) is 4.98 Å². The van der Waals surface area contributed by atoms with Gasteiger partial charge in [-0.3, -0.25) is 14.3 Å². The van der Waals surface area contributed by atoms with E-state index in [4.69, 9.17) is 8.74 Å². The maximum absolute atomic E-state index is 12.2. The molecule has 4 aliphatic rings. The van der Waals surface area contributed by atoms with Crippen molar-refractivity contribution < 1.29 is 21.9 Å². The van der Waals surface area contributed by atoms with Crippen LogP contribution < -0.4 is 0 Å². The van der Waals surface area contributed by atoms with E-state index in [9.17, 15) is 13.2 Å². The Labute approximate surface area is 198 Å². The first-order valence-corrected chi connectivity index (χ1v) is 13.9. The fraction of sp³-hybridized carbons (Fsp3) is 0.769. The Kier molecular flexibility index (Phi) is 7.05. The van der Waals surface area contributed by atoms with Gasteiger partial charge in [-0.2, -0.15) is 8.42 Å². The van der Waals surface area contributed by atoms with Gasteiger partial charge < -0.3 is 0 Å². The quantitative estimate of drug-likeness (QED) is 0.578. The topological polar surface area (TPSA) is 93.6 Å². The van der Waals surface area contributed by atoms with E-state index in [-0.39, 0.29) is 22.9 Å². The van der Waals surface area contributed by atoms with Gasteiger partial charge in [0.15, 0.2) is 0 Å². The lowest BCUT2D eigenvalue weighted by molar-refractivity contribution is -0.137. The molecule has 0 bridgehead atoms. The zero-order valence-corrected chi connectivity index (χ0v) is 21.0. The second-order valence-corrected chi connectivity index (χ2v) is 12.4. The number of fused-ring (bicyclic) bond motifs is 5. The molecule has 6 nitrogen and oxygen atoms in total. The molecule has 0 amide bonds. The van der Waals surface area contributed by atoms with Gasteiger partial charge in [0, 0.05) is 18.3 Å². The molecule has 8 atom stereocenters. The van der Waals surface area contributed by atoms with Crippen LogP contribution in [-0.2, 0) is 19.4 Å². The Morgan fingerprint density at radius 1 is 0.939 bits per heavy atom. The minimum Gasteiger partial charge on any atom is -0.300 e. The molecule has 4 fully saturated rings. The highest BCUT2D eigenvalue weighted by Gasteiger charge is 2.60.